The average molecular weight is 247 g/mol. The van der Waals surface area contributed by atoms with Gasteiger partial charge in [0.05, 0.1) is 11.0 Å². The molecule has 0 saturated carbocycles. The molecule has 0 amide bonds. The minimum Gasteiger partial charge on any atom is -0.454 e. The number of carbonyl (C=O) groups excluding carboxylic acids is 1. The minimum absolute atomic E-state index is 0.202. The van der Waals surface area contributed by atoms with Crippen molar-refractivity contribution in [3.8, 4) is 0 Å². The molecule has 1 heterocycles. The average Bonchev–Trinajstić information content (AvgIpc) is 2.66. The SMILES string of the molecule is Cc1c(N)ccc2[nH]c(C(=O)OC(C)(C)C)nc12. The molecule has 2 aromatic rings. The van der Waals surface area contributed by atoms with E-state index in [-0.39, 0.29) is 5.82 Å². The van der Waals surface area contributed by atoms with E-state index in [4.69, 9.17) is 10.5 Å². The molecule has 0 bridgehead atoms. The second kappa shape index (κ2) is 4.01. The van der Waals surface area contributed by atoms with Gasteiger partial charge in [0.15, 0.2) is 0 Å². The van der Waals surface area contributed by atoms with Gasteiger partial charge in [-0.2, -0.15) is 0 Å². The Kier molecular flexibility index (Phi) is 2.77. The van der Waals surface area contributed by atoms with Crippen LogP contribution in [0.25, 0.3) is 11.0 Å². The fourth-order valence-corrected chi connectivity index (χ4v) is 1.65. The number of aryl methyl sites for hydroxylation is 1. The van der Waals surface area contributed by atoms with Crippen molar-refractivity contribution in [2.24, 2.45) is 0 Å². The Bertz CT molecular complexity index is 608. The summed E-state index contributed by atoms with van der Waals surface area (Å²) in [6.07, 6.45) is 0. The summed E-state index contributed by atoms with van der Waals surface area (Å²) in [5, 5.41) is 0. The van der Waals surface area contributed by atoms with Crippen LogP contribution in [0.3, 0.4) is 0 Å². The van der Waals surface area contributed by atoms with E-state index in [0.717, 1.165) is 11.1 Å². The van der Waals surface area contributed by atoms with E-state index >= 15 is 0 Å². The summed E-state index contributed by atoms with van der Waals surface area (Å²) >= 11 is 0. The summed E-state index contributed by atoms with van der Waals surface area (Å²) in [4.78, 5) is 19.1. The molecular weight excluding hydrogens is 230 g/mol. The van der Waals surface area contributed by atoms with Gasteiger partial charge in [-0.15, -0.1) is 0 Å². The molecule has 2 rings (SSSR count). The first-order chi connectivity index (χ1) is 8.28. The predicted molar refractivity (Wildman–Crippen MR) is 70.4 cm³/mol. The van der Waals surface area contributed by atoms with Crippen LogP contribution in [-0.2, 0) is 4.74 Å². The molecule has 0 radical (unpaired) electrons. The van der Waals surface area contributed by atoms with E-state index in [9.17, 15) is 4.79 Å². The highest BCUT2D eigenvalue weighted by molar-refractivity contribution is 5.92. The van der Waals surface area contributed by atoms with Crippen LogP contribution >= 0.6 is 0 Å². The second-order valence-corrected chi connectivity index (χ2v) is 5.26. The van der Waals surface area contributed by atoms with Crippen molar-refractivity contribution < 1.29 is 9.53 Å². The van der Waals surface area contributed by atoms with E-state index in [2.05, 4.69) is 9.97 Å². The highest BCUT2D eigenvalue weighted by Crippen LogP contribution is 2.22. The van der Waals surface area contributed by atoms with Crippen LogP contribution in [0.15, 0.2) is 12.1 Å². The first-order valence-corrected chi connectivity index (χ1v) is 5.76. The number of nitrogens with one attached hydrogen (secondary N) is 1. The number of imidazole rings is 1. The number of esters is 1. The number of hydrogen-bond donors (Lipinski definition) is 2. The Balaban J connectivity index is 2.42. The van der Waals surface area contributed by atoms with Gasteiger partial charge in [0, 0.05) is 5.69 Å². The van der Waals surface area contributed by atoms with Gasteiger partial charge >= 0.3 is 5.97 Å². The van der Waals surface area contributed by atoms with Gasteiger partial charge in [-0.3, -0.25) is 0 Å². The normalized spacial score (nSPS) is 11.8. The molecule has 0 aliphatic heterocycles. The second-order valence-electron chi connectivity index (χ2n) is 5.26. The molecule has 0 aliphatic rings. The zero-order valence-corrected chi connectivity index (χ0v) is 11.0. The molecule has 0 saturated heterocycles. The molecule has 1 aromatic heterocycles. The van der Waals surface area contributed by atoms with Gasteiger partial charge in [0.1, 0.15) is 5.60 Å². The molecule has 96 valence electrons. The Morgan fingerprint density at radius 3 is 2.67 bits per heavy atom. The number of aromatic nitrogens is 2. The molecular formula is C13H17N3O2. The zero-order chi connectivity index (χ0) is 13.5. The van der Waals surface area contributed by atoms with Crippen molar-refractivity contribution in [3.05, 3.63) is 23.5 Å². The lowest BCUT2D eigenvalue weighted by Gasteiger charge is -2.18. The largest absolute Gasteiger partial charge is 0.454 e. The van der Waals surface area contributed by atoms with Gasteiger partial charge in [-0.1, -0.05) is 0 Å². The quantitative estimate of drug-likeness (QED) is 0.599. The fourth-order valence-electron chi connectivity index (χ4n) is 1.65. The van der Waals surface area contributed by atoms with E-state index in [1.54, 1.807) is 12.1 Å². The van der Waals surface area contributed by atoms with Crippen LogP contribution in [0.5, 0.6) is 0 Å². The third-order valence-electron chi connectivity index (χ3n) is 2.54. The van der Waals surface area contributed by atoms with Gasteiger partial charge < -0.3 is 15.5 Å². The third-order valence-corrected chi connectivity index (χ3v) is 2.54. The Morgan fingerprint density at radius 2 is 2.06 bits per heavy atom. The lowest BCUT2D eigenvalue weighted by molar-refractivity contribution is 0.00572. The van der Waals surface area contributed by atoms with E-state index in [1.165, 1.54) is 0 Å². The molecule has 0 aliphatic carbocycles. The van der Waals surface area contributed by atoms with Gasteiger partial charge in [0.25, 0.3) is 0 Å². The number of benzene rings is 1. The summed E-state index contributed by atoms with van der Waals surface area (Å²) < 4.78 is 5.26. The summed E-state index contributed by atoms with van der Waals surface area (Å²) in [7, 11) is 0. The van der Waals surface area contributed by atoms with Gasteiger partial charge in [-0.25, -0.2) is 9.78 Å². The predicted octanol–water partition coefficient (Wildman–Crippen LogP) is 2.41. The zero-order valence-electron chi connectivity index (χ0n) is 11.0. The highest BCUT2D eigenvalue weighted by atomic mass is 16.6. The topological polar surface area (TPSA) is 81.0 Å². The Hall–Kier alpha value is -2.04. The number of nitrogens with zero attached hydrogens (tertiary/aromatic N) is 1. The van der Waals surface area contributed by atoms with Crippen molar-refractivity contribution >= 4 is 22.7 Å². The van der Waals surface area contributed by atoms with Crippen LogP contribution in [-0.4, -0.2) is 21.5 Å². The Labute approximate surface area is 105 Å². The molecule has 18 heavy (non-hydrogen) atoms. The van der Waals surface area contributed by atoms with Crippen LogP contribution in [0.2, 0.25) is 0 Å². The van der Waals surface area contributed by atoms with Crippen molar-refractivity contribution in [1.29, 1.82) is 0 Å². The summed E-state index contributed by atoms with van der Waals surface area (Å²) in [5.74, 6) is -0.259. The Morgan fingerprint density at radius 1 is 1.39 bits per heavy atom. The van der Waals surface area contributed by atoms with Crippen molar-refractivity contribution in [1.82, 2.24) is 9.97 Å². The number of ether oxygens (including phenoxy) is 1. The van der Waals surface area contributed by atoms with Crippen LogP contribution in [0.4, 0.5) is 5.69 Å². The van der Waals surface area contributed by atoms with Gasteiger partial charge in [0.2, 0.25) is 5.82 Å². The van der Waals surface area contributed by atoms with E-state index in [0.29, 0.717) is 11.2 Å². The lowest BCUT2D eigenvalue weighted by Crippen LogP contribution is -2.24. The first kappa shape index (κ1) is 12.4. The van der Waals surface area contributed by atoms with Gasteiger partial charge in [-0.05, 0) is 45.4 Å². The number of anilines is 1. The maximum absolute atomic E-state index is 11.9. The van der Waals surface area contributed by atoms with Crippen molar-refractivity contribution in [2.75, 3.05) is 5.73 Å². The maximum atomic E-state index is 11.9. The van der Waals surface area contributed by atoms with Crippen LogP contribution < -0.4 is 5.73 Å². The molecule has 3 N–H and O–H groups in total. The summed E-state index contributed by atoms with van der Waals surface area (Å²) in [6, 6.07) is 3.59. The molecule has 0 unspecified atom stereocenters. The number of nitrogens with two attached hydrogens (primary N) is 1. The molecule has 5 heteroatoms. The first-order valence-electron chi connectivity index (χ1n) is 5.76. The summed E-state index contributed by atoms with van der Waals surface area (Å²) in [5.41, 5.74) is 8.27. The lowest BCUT2D eigenvalue weighted by atomic mass is 10.2. The number of rotatable bonds is 1. The fraction of sp³-hybridized carbons (Fsp3) is 0.385. The number of carbonyl (C=O) groups is 1. The summed E-state index contributed by atoms with van der Waals surface area (Å²) in [6.45, 7) is 7.32. The van der Waals surface area contributed by atoms with Crippen molar-refractivity contribution in [2.45, 2.75) is 33.3 Å². The number of hydrogen-bond acceptors (Lipinski definition) is 4. The molecule has 0 fully saturated rings. The molecule has 0 atom stereocenters. The van der Waals surface area contributed by atoms with E-state index in [1.807, 2.05) is 27.7 Å². The smallest absolute Gasteiger partial charge is 0.374 e. The third kappa shape index (κ3) is 2.30. The molecule has 0 spiro atoms. The highest BCUT2D eigenvalue weighted by Gasteiger charge is 2.21. The maximum Gasteiger partial charge on any atom is 0.374 e. The van der Waals surface area contributed by atoms with Crippen LogP contribution in [0.1, 0.15) is 37.0 Å². The van der Waals surface area contributed by atoms with Crippen LogP contribution in [0, 0.1) is 6.92 Å². The standard InChI is InChI=1S/C13H17N3O2/c1-7-8(14)5-6-9-10(7)16-11(15-9)12(17)18-13(2,3)4/h5-6H,14H2,1-4H3,(H,15,16). The number of fused-ring (bicyclic) bond motifs is 1. The van der Waals surface area contributed by atoms with Crippen molar-refractivity contribution in [3.63, 3.8) is 0 Å². The number of aromatic amines is 1. The number of H-pyrrole nitrogens is 1. The van der Waals surface area contributed by atoms with E-state index < -0.39 is 11.6 Å². The monoisotopic (exact) mass is 247 g/mol. The number of nitrogen functional groups attached to an aromatic ring is 1. The minimum atomic E-state index is -0.538. The molecule has 5 nitrogen and oxygen atoms in total. The molecule has 1 aromatic carbocycles.